The summed E-state index contributed by atoms with van der Waals surface area (Å²) < 4.78 is 10.3. The zero-order chi connectivity index (χ0) is 23.3. The molecule has 1 saturated carbocycles. The molecule has 1 amide bonds. The van der Waals surface area contributed by atoms with E-state index in [0.717, 1.165) is 31.2 Å². The van der Waals surface area contributed by atoms with Crippen molar-refractivity contribution in [3.8, 4) is 11.5 Å². The summed E-state index contributed by atoms with van der Waals surface area (Å²) in [5, 5.41) is 18.4. The lowest BCUT2D eigenvalue weighted by molar-refractivity contribution is -0.386. The number of nitro benzene ring substituents is 1. The SMILES string of the molecule is COc1ccc(NC(=O)C2CCC(NCc3c(C)ccc(OC)c3[N+](=O)[O-])CC2)cc1Cl. The molecule has 172 valence electrons. The van der Waals surface area contributed by atoms with Gasteiger partial charge >= 0.3 is 5.69 Å². The summed E-state index contributed by atoms with van der Waals surface area (Å²) in [5.74, 6) is 0.713. The van der Waals surface area contributed by atoms with Gasteiger partial charge in [0.1, 0.15) is 5.75 Å². The molecular formula is C23H28ClN3O5. The standard InChI is InChI=1S/C23H28ClN3O5/c1-14-4-10-21(32-3)22(27(29)30)18(14)13-25-16-7-5-15(6-8-16)23(28)26-17-9-11-20(31-2)19(24)12-17/h4,9-12,15-16,25H,5-8,13H2,1-3H3,(H,26,28). The average Bonchev–Trinajstić information content (AvgIpc) is 2.78. The summed E-state index contributed by atoms with van der Waals surface area (Å²) in [6.45, 7) is 2.24. The summed E-state index contributed by atoms with van der Waals surface area (Å²) in [4.78, 5) is 23.8. The van der Waals surface area contributed by atoms with Crippen LogP contribution >= 0.6 is 11.6 Å². The third-order valence-electron chi connectivity index (χ3n) is 5.97. The summed E-state index contributed by atoms with van der Waals surface area (Å²) >= 11 is 6.13. The van der Waals surface area contributed by atoms with Crippen LogP contribution in [0.15, 0.2) is 30.3 Å². The highest BCUT2D eigenvalue weighted by atomic mass is 35.5. The fourth-order valence-corrected chi connectivity index (χ4v) is 4.36. The second-order valence-corrected chi connectivity index (χ2v) is 8.34. The van der Waals surface area contributed by atoms with Gasteiger partial charge in [-0.2, -0.15) is 0 Å². The van der Waals surface area contributed by atoms with Crippen molar-refractivity contribution in [2.24, 2.45) is 5.92 Å². The third-order valence-corrected chi connectivity index (χ3v) is 6.26. The van der Waals surface area contributed by atoms with Crippen LogP contribution in [0, 0.1) is 23.0 Å². The molecule has 0 radical (unpaired) electrons. The van der Waals surface area contributed by atoms with E-state index in [0.29, 0.717) is 28.6 Å². The predicted molar refractivity (Wildman–Crippen MR) is 124 cm³/mol. The summed E-state index contributed by atoms with van der Waals surface area (Å²) in [7, 11) is 2.97. The Morgan fingerprint density at radius 3 is 2.38 bits per heavy atom. The highest BCUT2D eigenvalue weighted by Crippen LogP contribution is 2.34. The van der Waals surface area contributed by atoms with Crippen LogP contribution in [0.3, 0.4) is 0 Å². The minimum absolute atomic E-state index is 0.00576. The number of aryl methyl sites for hydroxylation is 1. The van der Waals surface area contributed by atoms with E-state index in [1.54, 1.807) is 31.4 Å². The highest BCUT2D eigenvalue weighted by molar-refractivity contribution is 6.32. The van der Waals surface area contributed by atoms with Crippen LogP contribution in [-0.4, -0.2) is 31.1 Å². The fraction of sp³-hybridized carbons (Fsp3) is 0.435. The van der Waals surface area contributed by atoms with Crippen LogP contribution in [0.2, 0.25) is 5.02 Å². The summed E-state index contributed by atoms with van der Waals surface area (Å²) in [6, 6.07) is 8.80. The van der Waals surface area contributed by atoms with E-state index in [1.165, 1.54) is 7.11 Å². The third kappa shape index (κ3) is 5.49. The maximum absolute atomic E-state index is 12.7. The van der Waals surface area contributed by atoms with Crippen LogP contribution in [0.1, 0.15) is 36.8 Å². The number of nitrogens with zero attached hydrogens (tertiary/aromatic N) is 1. The van der Waals surface area contributed by atoms with Crippen molar-refractivity contribution in [2.75, 3.05) is 19.5 Å². The number of rotatable bonds is 8. The smallest absolute Gasteiger partial charge is 0.315 e. The van der Waals surface area contributed by atoms with Gasteiger partial charge in [0.05, 0.1) is 29.7 Å². The van der Waals surface area contributed by atoms with Gasteiger partial charge < -0.3 is 20.1 Å². The molecule has 2 N–H and O–H groups in total. The first-order valence-corrected chi connectivity index (χ1v) is 10.9. The quantitative estimate of drug-likeness (QED) is 0.430. The molecule has 0 bridgehead atoms. The molecule has 0 atom stereocenters. The van der Waals surface area contributed by atoms with Crippen molar-refractivity contribution >= 4 is 28.9 Å². The largest absolute Gasteiger partial charge is 0.495 e. The van der Waals surface area contributed by atoms with Gasteiger partial charge in [-0.3, -0.25) is 14.9 Å². The molecular weight excluding hydrogens is 434 g/mol. The number of methoxy groups -OCH3 is 2. The van der Waals surface area contributed by atoms with E-state index in [2.05, 4.69) is 10.6 Å². The molecule has 0 saturated heterocycles. The van der Waals surface area contributed by atoms with Gasteiger partial charge in [-0.05, 0) is 62.4 Å². The van der Waals surface area contributed by atoms with Gasteiger partial charge in [0.15, 0.2) is 5.75 Å². The number of halogens is 1. The predicted octanol–water partition coefficient (Wildman–Crippen LogP) is 4.86. The molecule has 32 heavy (non-hydrogen) atoms. The van der Waals surface area contributed by atoms with E-state index in [-0.39, 0.29) is 29.3 Å². The number of anilines is 1. The number of benzene rings is 2. The zero-order valence-corrected chi connectivity index (χ0v) is 19.2. The van der Waals surface area contributed by atoms with E-state index in [9.17, 15) is 14.9 Å². The number of ether oxygens (including phenoxy) is 2. The van der Waals surface area contributed by atoms with Crippen LogP contribution in [-0.2, 0) is 11.3 Å². The lowest BCUT2D eigenvalue weighted by atomic mass is 9.85. The monoisotopic (exact) mass is 461 g/mol. The van der Waals surface area contributed by atoms with Gasteiger partial charge in [-0.25, -0.2) is 0 Å². The molecule has 8 nitrogen and oxygen atoms in total. The number of nitrogens with one attached hydrogen (secondary N) is 2. The van der Waals surface area contributed by atoms with Gasteiger partial charge in [0.2, 0.25) is 5.91 Å². The van der Waals surface area contributed by atoms with E-state index >= 15 is 0 Å². The first kappa shape index (κ1) is 23.8. The van der Waals surface area contributed by atoms with Gasteiger partial charge in [0.25, 0.3) is 0 Å². The number of carbonyl (C=O) groups is 1. The van der Waals surface area contributed by atoms with Crippen molar-refractivity contribution < 1.29 is 19.2 Å². The molecule has 1 aliphatic carbocycles. The Hall–Kier alpha value is -2.84. The average molecular weight is 462 g/mol. The maximum atomic E-state index is 12.7. The van der Waals surface area contributed by atoms with Gasteiger partial charge in [-0.1, -0.05) is 17.7 Å². The van der Waals surface area contributed by atoms with Crippen molar-refractivity contribution in [3.05, 3.63) is 56.6 Å². The van der Waals surface area contributed by atoms with E-state index < -0.39 is 4.92 Å². The number of hydrogen-bond acceptors (Lipinski definition) is 6. The second kappa shape index (κ2) is 10.7. The summed E-state index contributed by atoms with van der Waals surface area (Å²) in [5.41, 5.74) is 2.12. The number of nitro groups is 1. The molecule has 2 aromatic carbocycles. The second-order valence-electron chi connectivity index (χ2n) is 7.94. The van der Waals surface area contributed by atoms with Gasteiger partial charge in [-0.15, -0.1) is 0 Å². The molecule has 1 fully saturated rings. The van der Waals surface area contributed by atoms with Crippen LogP contribution in [0.5, 0.6) is 11.5 Å². The van der Waals surface area contributed by atoms with Crippen LogP contribution in [0.4, 0.5) is 11.4 Å². The van der Waals surface area contributed by atoms with Crippen molar-refractivity contribution in [2.45, 2.75) is 45.2 Å². The molecule has 1 aliphatic rings. The Kier molecular flexibility index (Phi) is 7.93. The number of carbonyl (C=O) groups excluding carboxylic acids is 1. The first-order chi connectivity index (χ1) is 15.3. The van der Waals surface area contributed by atoms with Crippen LogP contribution in [0.25, 0.3) is 0 Å². The van der Waals surface area contributed by atoms with Crippen molar-refractivity contribution in [3.63, 3.8) is 0 Å². The number of hydrogen-bond donors (Lipinski definition) is 2. The molecule has 0 heterocycles. The molecule has 0 aliphatic heterocycles. The Labute approximate surface area is 192 Å². The Morgan fingerprint density at radius 2 is 1.78 bits per heavy atom. The molecule has 9 heteroatoms. The van der Waals surface area contributed by atoms with E-state index in [4.69, 9.17) is 21.1 Å². The lowest BCUT2D eigenvalue weighted by Gasteiger charge is -2.28. The fourth-order valence-electron chi connectivity index (χ4n) is 4.10. The minimum Gasteiger partial charge on any atom is -0.495 e. The Morgan fingerprint density at radius 1 is 1.12 bits per heavy atom. The molecule has 0 unspecified atom stereocenters. The van der Waals surface area contributed by atoms with E-state index in [1.807, 2.05) is 13.0 Å². The molecule has 3 rings (SSSR count). The molecule has 0 spiro atoms. The molecule has 0 aromatic heterocycles. The highest BCUT2D eigenvalue weighted by Gasteiger charge is 2.28. The van der Waals surface area contributed by atoms with Crippen molar-refractivity contribution in [1.29, 1.82) is 0 Å². The Balaban J connectivity index is 1.55. The Bertz CT molecular complexity index is 990. The minimum atomic E-state index is -0.393. The maximum Gasteiger partial charge on any atom is 0.315 e. The molecule has 2 aromatic rings. The lowest BCUT2D eigenvalue weighted by Crippen LogP contribution is -2.36. The topological polar surface area (TPSA) is 103 Å². The number of amides is 1. The van der Waals surface area contributed by atoms with Gasteiger partial charge in [0, 0.05) is 24.2 Å². The van der Waals surface area contributed by atoms with Crippen LogP contribution < -0.4 is 20.1 Å². The zero-order valence-electron chi connectivity index (χ0n) is 18.4. The summed E-state index contributed by atoms with van der Waals surface area (Å²) in [6.07, 6.45) is 3.12. The van der Waals surface area contributed by atoms with Crippen molar-refractivity contribution in [1.82, 2.24) is 5.32 Å². The first-order valence-electron chi connectivity index (χ1n) is 10.5. The normalized spacial score (nSPS) is 18.1.